The van der Waals surface area contributed by atoms with Crippen molar-refractivity contribution in [2.24, 2.45) is 0 Å². The number of carbonyl (C=O) groups is 2. The van der Waals surface area contributed by atoms with E-state index in [0.29, 0.717) is 26.1 Å². The Morgan fingerprint density at radius 3 is 2.38 bits per heavy atom. The fraction of sp³-hybridized carbons (Fsp3) is 0.320. The van der Waals surface area contributed by atoms with Crippen LogP contribution in [0.25, 0.3) is 10.8 Å². The standard InChI is InChI=1S/C25H27N3O4S2/c1-16-20(23(29)31-2)22(34-21(16)24(30)32-3)26-25(33)28-13-11-27(12-14-28)15-18-9-6-8-17-7-4-5-10-19(17)18/h4-10H,11-15H2,1-3H3,(H,26,33). The number of nitrogens with zero attached hydrogens (tertiary/aromatic N) is 2. The molecule has 2 heterocycles. The van der Waals surface area contributed by atoms with Gasteiger partial charge in [0.15, 0.2) is 5.11 Å². The number of rotatable bonds is 5. The van der Waals surface area contributed by atoms with Crippen molar-refractivity contribution >= 4 is 56.4 Å². The maximum atomic E-state index is 12.4. The molecule has 0 unspecified atom stereocenters. The van der Waals surface area contributed by atoms with Crippen LogP contribution in [0.1, 0.15) is 31.2 Å². The lowest BCUT2D eigenvalue weighted by Gasteiger charge is -2.36. The molecule has 0 atom stereocenters. The smallest absolute Gasteiger partial charge is 0.348 e. The van der Waals surface area contributed by atoms with Crippen LogP contribution in [0.15, 0.2) is 42.5 Å². The molecular weight excluding hydrogens is 470 g/mol. The average molecular weight is 498 g/mol. The molecule has 0 aliphatic carbocycles. The summed E-state index contributed by atoms with van der Waals surface area (Å²) < 4.78 is 9.78. The summed E-state index contributed by atoms with van der Waals surface area (Å²) in [7, 11) is 2.63. The lowest BCUT2D eigenvalue weighted by molar-refractivity contribution is 0.0601. The van der Waals surface area contributed by atoms with Crippen molar-refractivity contribution in [1.29, 1.82) is 0 Å². The fourth-order valence-corrected chi connectivity index (χ4v) is 5.65. The van der Waals surface area contributed by atoms with E-state index in [2.05, 4.69) is 57.6 Å². The third-order valence-electron chi connectivity index (χ3n) is 6.06. The molecule has 0 amide bonds. The van der Waals surface area contributed by atoms with E-state index >= 15 is 0 Å². The Hall–Kier alpha value is -3.01. The Bertz CT molecular complexity index is 1230. The number of thiophene rings is 1. The molecule has 1 aromatic heterocycles. The molecule has 2 aromatic carbocycles. The monoisotopic (exact) mass is 497 g/mol. The summed E-state index contributed by atoms with van der Waals surface area (Å²) >= 11 is 6.80. The van der Waals surface area contributed by atoms with Crippen molar-refractivity contribution in [3.8, 4) is 0 Å². The van der Waals surface area contributed by atoms with Crippen molar-refractivity contribution in [3.05, 3.63) is 64.0 Å². The number of fused-ring (bicyclic) bond motifs is 1. The van der Waals surface area contributed by atoms with Gasteiger partial charge in [0.05, 0.1) is 19.8 Å². The minimum atomic E-state index is -0.519. The second kappa shape index (κ2) is 10.5. The lowest BCUT2D eigenvalue weighted by atomic mass is 10.0. The van der Waals surface area contributed by atoms with E-state index in [1.807, 2.05) is 0 Å². The molecule has 4 rings (SSSR count). The van der Waals surface area contributed by atoms with Crippen molar-refractivity contribution in [2.75, 3.05) is 45.7 Å². The van der Waals surface area contributed by atoms with Crippen molar-refractivity contribution in [2.45, 2.75) is 13.5 Å². The number of methoxy groups -OCH3 is 2. The lowest BCUT2D eigenvalue weighted by Crippen LogP contribution is -2.49. The van der Waals surface area contributed by atoms with Crippen LogP contribution in [0.5, 0.6) is 0 Å². The van der Waals surface area contributed by atoms with Gasteiger partial charge in [0.25, 0.3) is 0 Å². The molecule has 7 nitrogen and oxygen atoms in total. The van der Waals surface area contributed by atoms with E-state index in [9.17, 15) is 9.59 Å². The summed E-state index contributed by atoms with van der Waals surface area (Å²) in [6.45, 7) is 5.85. The summed E-state index contributed by atoms with van der Waals surface area (Å²) in [6, 6.07) is 14.9. The van der Waals surface area contributed by atoms with Crippen LogP contribution >= 0.6 is 23.6 Å². The Labute approximate surface area is 208 Å². The number of hydrogen-bond acceptors (Lipinski definition) is 7. The predicted octanol–water partition coefficient (Wildman–Crippen LogP) is 4.30. The van der Waals surface area contributed by atoms with Crippen LogP contribution in [0.2, 0.25) is 0 Å². The van der Waals surface area contributed by atoms with Crippen LogP contribution in [0, 0.1) is 6.92 Å². The molecule has 1 aliphatic heterocycles. The second-order valence-corrected chi connectivity index (χ2v) is 9.48. The number of benzene rings is 2. The summed E-state index contributed by atoms with van der Waals surface area (Å²) in [6.07, 6.45) is 0. The normalized spacial score (nSPS) is 14.1. The molecule has 9 heteroatoms. The van der Waals surface area contributed by atoms with E-state index in [-0.39, 0.29) is 0 Å². The van der Waals surface area contributed by atoms with Crippen LogP contribution in [-0.2, 0) is 16.0 Å². The Morgan fingerprint density at radius 1 is 1.00 bits per heavy atom. The first kappa shape index (κ1) is 24.1. The number of nitrogens with one attached hydrogen (secondary N) is 1. The molecule has 0 radical (unpaired) electrons. The van der Waals surface area contributed by atoms with Gasteiger partial charge in [-0.05, 0) is 41.0 Å². The quantitative estimate of drug-likeness (QED) is 0.413. The highest BCUT2D eigenvalue weighted by atomic mass is 32.1. The first-order valence-corrected chi connectivity index (χ1v) is 12.2. The highest BCUT2D eigenvalue weighted by Crippen LogP contribution is 2.34. The van der Waals surface area contributed by atoms with Gasteiger partial charge in [-0.25, -0.2) is 9.59 Å². The van der Waals surface area contributed by atoms with Gasteiger partial charge >= 0.3 is 11.9 Å². The largest absolute Gasteiger partial charge is 0.465 e. The number of ether oxygens (including phenoxy) is 2. The van der Waals surface area contributed by atoms with E-state index in [0.717, 1.165) is 44.1 Å². The first-order chi connectivity index (χ1) is 16.4. The van der Waals surface area contributed by atoms with Gasteiger partial charge in [0.2, 0.25) is 0 Å². The topological polar surface area (TPSA) is 71.1 Å². The minimum Gasteiger partial charge on any atom is -0.465 e. The minimum absolute atomic E-state index is 0.310. The van der Waals surface area contributed by atoms with Gasteiger partial charge in [0, 0.05) is 32.7 Å². The predicted molar refractivity (Wildman–Crippen MR) is 139 cm³/mol. The molecule has 1 saturated heterocycles. The van der Waals surface area contributed by atoms with Gasteiger partial charge in [-0.1, -0.05) is 42.5 Å². The number of carbonyl (C=O) groups excluding carboxylic acids is 2. The van der Waals surface area contributed by atoms with Crippen LogP contribution in [0.4, 0.5) is 5.00 Å². The number of anilines is 1. The van der Waals surface area contributed by atoms with Gasteiger partial charge in [-0.15, -0.1) is 11.3 Å². The zero-order valence-corrected chi connectivity index (χ0v) is 21.1. The van der Waals surface area contributed by atoms with Crippen LogP contribution in [0.3, 0.4) is 0 Å². The van der Waals surface area contributed by atoms with Crippen molar-refractivity contribution < 1.29 is 19.1 Å². The maximum absolute atomic E-state index is 12.4. The Kier molecular flexibility index (Phi) is 7.45. The molecular formula is C25H27N3O4S2. The molecule has 34 heavy (non-hydrogen) atoms. The zero-order chi connectivity index (χ0) is 24.2. The summed E-state index contributed by atoms with van der Waals surface area (Å²) in [5.41, 5.74) is 2.15. The van der Waals surface area contributed by atoms with Crippen LogP contribution in [-0.4, -0.2) is 67.2 Å². The molecule has 0 spiro atoms. The van der Waals surface area contributed by atoms with Gasteiger partial charge in [-0.3, -0.25) is 4.90 Å². The number of esters is 2. The molecule has 1 fully saturated rings. The number of thiocarbonyl (C=S) groups is 1. The maximum Gasteiger partial charge on any atom is 0.348 e. The van der Waals surface area contributed by atoms with Gasteiger partial charge in [-0.2, -0.15) is 0 Å². The summed E-state index contributed by atoms with van der Waals surface area (Å²) in [5, 5.41) is 6.73. The second-order valence-electron chi connectivity index (χ2n) is 8.08. The number of piperazine rings is 1. The number of hydrogen-bond donors (Lipinski definition) is 1. The Morgan fingerprint density at radius 2 is 1.68 bits per heavy atom. The van der Waals surface area contributed by atoms with E-state index in [1.165, 1.54) is 30.6 Å². The van der Waals surface area contributed by atoms with Crippen molar-refractivity contribution in [3.63, 3.8) is 0 Å². The SMILES string of the molecule is COC(=O)c1sc(NC(=S)N2CCN(Cc3cccc4ccccc34)CC2)c(C(=O)OC)c1C. The fourth-order valence-electron chi connectivity index (χ4n) is 4.19. The first-order valence-electron chi connectivity index (χ1n) is 11.0. The molecule has 3 aromatic rings. The van der Waals surface area contributed by atoms with Crippen LogP contribution < -0.4 is 5.32 Å². The van der Waals surface area contributed by atoms with E-state index in [4.69, 9.17) is 21.7 Å². The molecule has 0 bridgehead atoms. The molecule has 178 valence electrons. The molecule has 1 N–H and O–H groups in total. The summed E-state index contributed by atoms with van der Waals surface area (Å²) in [4.78, 5) is 29.4. The average Bonchev–Trinajstić information content (AvgIpc) is 3.19. The molecule has 0 saturated carbocycles. The van der Waals surface area contributed by atoms with Gasteiger partial charge in [0.1, 0.15) is 9.88 Å². The van der Waals surface area contributed by atoms with Gasteiger partial charge < -0.3 is 19.7 Å². The zero-order valence-electron chi connectivity index (χ0n) is 19.4. The third-order valence-corrected chi connectivity index (χ3v) is 7.61. The Balaban J connectivity index is 1.42. The molecule has 1 aliphatic rings. The van der Waals surface area contributed by atoms with E-state index in [1.54, 1.807) is 6.92 Å². The highest BCUT2D eigenvalue weighted by molar-refractivity contribution is 7.80. The third kappa shape index (κ3) is 4.91. The summed E-state index contributed by atoms with van der Waals surface area (Å²) in [5.74, 6) is -1.01. The highest BCUT2D eigenvalue weighted by Gasteiger charge is 2.27. The van der Waals surface area contributed by atoms with E-state index < -0.39 is 11.9 Å². The van der Waals surface area contributed by atoms with Crippen molar-refractivity contribution in [1.82, 2.24) is 9.80 Å².